The van der Waals surface area contributed by atoms with Crippen molar-refractivity contribution in [2.45, 2.75) is 78.2 Å². The van der Waals surface area contributed by atoms with Crippen LogP contribution in [0.3, 0.4) is 0 Å². The number of nitrogens with one attached hydrogen (secondary N) is 1. The molecule has 250 valence electrons. The second kappa shape index (κ2) is 13.9. The summed E-state index contributed by atoms with van der Waals surface area (Å²) in [6.45, 7) is 4.46. The highest BCUT2D eigenvalue weighted by atomic mass is 19.1. The Kier molecular flexibility index (Phi) is 9.66. The average Bonchev–Trinajstić information content (AvgIpc) is 3.34. The summed E-state index contributed by atoms with van der Waals surface area (Å²) in [5, 5.41) is 0.684. The van der Waals surface area contributed by atoms with Crippen LogP contribution in [0.2, 0.25) is 0 Å². The topological polar surface area (TPSA) is 70.7 Å². The number of urea groups is 1. The maximum atomic E-state index is 15.7. The van der Waals surface area contributed by atoms with Crippen LogP contribution in [-0.4, -0.2) is 30.2 Å². The molecular weight excluding hydrogens is 605 g/mol. The first-order valence-electron chi connectivity index (χ1n) is 16.7. The molecule has 3 atom stereocenters. The lowest BCUT2D eigenvalue weighted by molar-refractivity contribution is 0.251. The molecule has 0 spiro atoms. The summed E-state index contributed by atoms with van der Waals surface area (Å²) in [5.74, 6) is -1.06. The number of aryl methyl sites for hydroxylation is 1. The number of pyridine rings is 1. The molecule has 4 aromatic rings. The molecule has 3 unspecified atom stereocenters. The molecule has 0 bridgehead atoms. The van der Waals surface area contributed by atoms with E-state index in [1.165, 1.54) is 82.3 Å². The van der Waals surface area contributed by atoms with Gasteiger partial charge in [0.25, 0.3) is 0 Å². The number of rotatable bonds is 10. The van der Waals surface area contributed by atoms with Crippen LogP contribution in [0.1, 0.15) is 76.5 Å². The van der Waals surface area contributed by atoms with Crippen molar-refractivity contribution < 1.29 is 27.4 Å². The summed E-state index contributed by atoms with van der Waals surface area (Å²) in [5.41, 5.74) is 2.22. The van der Waals surface area contributed by atoms with E-state index in [9.17, 15) is 9.18 Å². The fraction of sp³-hybridized carbons (Fsp3) is 0.459. The van der Waals surface area contributed by atoms with Crippen molar-refractivity contribution in [3.05, 3.63) is 71.3 Å². The van der Waals surface area contributed by atoms with Gasteiger partial charge in [0.05, 0.1) is 32.1 Å². The quantitative estimate of drug-likeness (QED) is 0.174. The second-order valence-electron chi connectivity index (χ2n) is 13.1. The van der Waals surface area contributed by atoms with Crippen molar-refractivity contribution in [3.8, 4) is 11.5 Å². The number of anilines is 3. The molecule has 1 fully saturated rings. The minimum Gasteiger partial charge on any atom is -0.493 e. The molecule has 1 saturated carbocycles. The molecule has 1 aliphatic carbocycles. The predicted octanol–water partition coefficient (Wildman–Crippen LogP) is 9.84. The second-order valence-corrected chi connectivity index (χ2v) is 13.1. The number of nitrogens with zero attached hydrogens (tertiary/aromatic N) is 3. The number of fused-ring (bicyclic) bond motifs is 3. The molecular formula is C37H43F3N4O3. The van der Waals surface area contributed by atoms with Gasteiger partial charge in [-0.05, 0) is 61.3 Å². The molecule has 3 heterocycles. The molecule has 7 nitrogen and oxygen atoms in total. The third-order valence-corrected chi connectivity index (χ3v) is 10.1. The first-order valence-corrected chi connectivity index (χ1v) is 16.7. The Morgan fingerprint density at radius 1 is 1.00 bits per heavy atom. The zero-order chi connectivity index (χ0) is 33.2. The SMILES string of the molecule is CCCC1CCCC(C(C)CCc2cc3c4c(cnc3[nH]2)CN(c2c(F)c(OC)cc(OC)c2F)C(=O)N4c2cccc(F)c2)CC1. The van der Waals surface area contributed by atoms with Crippen LogP contribution in [0.15, 0.2) is 42.6 Å². The smallest absolute Gasteiger partial charge is 0.334 e. The van der Waals surface area contributed by atoms with Gasteiger partial charge in [0.2, 0.25) is 0 Å². The fourth-order valence-electron chi connectivity index (χ4n) is 7.56. The Morgan fingerprint density at radius 2 is 1.77 bits per heavy atom. The van der Waals surface area contributed by atoms with Crippen molar-refractivity contribution in [2.75, 3.05) is 24.0 Å². The molecule has 2 aliphatic rings. The number of amides is 2. The van der Waals surface area contributed by atoms with Crippen LogP contribution in [0.5, 0.6) is 11.5 Å². The van der Waals surface area contributed by atoms with E-state index in [4.69, 9.17) is 9.47 Å². The fourth-order valence-corrected chi connectivity index (χ4v) is 7.56. The van der Waals surface area contributed by atoms with E-state index >= 15 is 8.78 Å². The van der Waals surface area contributed by atoms with Gasteiger partial charge in [-0.2, -0.15) is 0 Å². The largest absolute Gasteiger partial charge is 0.493 e. The number of methoxy groups -OCH3 is 2. The van der Waals surface area contributed by atoms with Gasteiger partial charge < -0.3 is 14.5 Å². The van der Waals surface area contributed by atoms with Gasteiger partial charge in [0.1, 0.15) is 17.2 Å². The van der Waals surface area contributed by atoms with Gasteiger partial charge in [0, 0.05) is 28.9 Å². The van der Waals surface area contributed by atoms with Gasteiger partial charge in [-0.3, -0.25) is 9.80 Å². The Balaban J connectivity index is 1.35. The van der Waals surface area contributed by atoms with Crippen LogP contribution in [0.4, 0.5) is 35.0 Å². The predicted molar refractivity (Wildman–Crippen MR) is 178 cm³/mol. The van der Waals surface area contributed by atoms with E-state index < -0.39 is 29.2 Å². The lowest BCUT2D eigenvalue weighted by atomic mass is 9.84. The number of halogens is 3. The summed E-state index contributed by atoms with van der Waals surface area (Å²) >= 11 is 0. The maximum Gasteiger partial charge on any atom is 0.334 e. The van der Waals surface area contributed by atoms with Gasteiger partial charge in [0.15, 0.2) is 23.1 Å². The summed E-state index contributed by atoms with van der Waals surface area (Å²) in [6.07, 6.45) is 12.6. The number of aromatic amines is 1. The minimum atomic E-state index is -1.05. The monoisotopic (exact) mass is 648 g/mol. The van der Waals surface area contributed by atoms with E-state index in [-0.39, 0.29) is 23.7 Å². The van der Waals surface area contributed by atoms with E-state index in [1.54, 1.807) is 12.3 Å². The van der Waals surface area contributed by atoms with Crippen molar-refractivity contribution >= 4 is 34.1 Å². The van der Waals surface area contributed by atoms with Gasteiger partial charge in [-0.25, -0.2) is 22.9 Å². The molecule has 0 radical (unpaired) electrons. The van der Waals surface area contributed by atoms with Crippen LogP contribution in [0.25, 0.3) is 11.0 Å². The molecule has 2 amide bonds. The van der Waals surface area contributed by atoms with Crippen molar-refractivity contribution in [1.29, 1.82) is 0 Å². The first kappa shape index (κ1) is 32.7. The third kappa shape index (κ3) is 6.39. The molecule has 2 aromatic carbocycles. The molecule has 10 heteroatoms. The number of benzene rings is 2. The van der Waals surface area contributed by atoms with Crippen LogP contribution < -0.4 is 19.3 Å². The van der Waals surface area contributed by atoms with Crippen LogP contribution in [-0.2, 0) is 13.0 Å². The van der Waals surface area contributed by atoms with E-state index in [0.717, 1.165) is 41.3 Å². The highest BCUT2D eigenvalue weighted by Crippen LogP contribution is 2.45. The number of carbonyl (C=O) groups excluding carboxylic acids is 1. The van der Waals surface area contributed by atoms with E-state index in [1.807, 2.05) is 6.07 Å². The number of hydrogen-bond donors (Lipinski definition) is 1. The molecule has 0 saturated heterocycles. The standard InChI is InChI=1S/C37H43F3N4O3/c1-5-8-23-9-6-10-24(15-14-23)22(2)13-16-27-18-29-34-25(20-41-36(29)42-27)21-43(37(45)44(34)28-12-7-11-26(38)17-28)35-32(39)30(46-3)19-31(47-4)33(35)40/h7,11-12,17-20,22-24H,5-6,8-10,13-16,21H2,1-4H3,(H,41,42). The van der Waals surface area contributed by atoms with Gasteiger partial charge in [-0.1, -0.05) is 58.4 Å². The molecule has 1 aliphatic heterocycles. The highest BCUT2D eigenvalue weighted by Gasteiger charge is 2.39. The summed E-state index contributed by atoms with van der Waals surface area (Å²) in [7, 11) is 2.49. The summed E-state index contributed by atoms with van der Waals surface area (Å²) in [4.78, 5) is 24.7. The third-order valence-electron chi connectivity index (χ3n) is 10.1. The molecule has 1 N–H and O–H groups in total. The minimum absolute atomic E-state index is 0.175. The number of hydrogen-bond acceptors (Lipinski definition) is 4. The molecule has 2 aromatic heterocycles. The summed E-state index contributed by atoms with van der Waals surface area (Å²) in [6, 6.07) is 7.92. The van der Waals surface area contributed by atoms with Gasteiger partial charge in [-0.15, -0.1) is 0 Å². The maximum absolute atomic E-state index is 15.7. The van der Waals surface area contributed by atoms with Gasteiger partial charge >= 0.3 is 6.03 Å². The number of H-pyrrole nitrogens is 1. The Bertz CT molecular complexity index is 1730. The first-order chi connectivity index (χ1) is 22.7. The highest BCUT2D eigenvalue weighted by molar-refractivity contribution is 6.15. The molecule has 47 heavy (non-hydrogen) atoms. The lowest BCUT2D eigenvalue weighted by Gasteiger charge is -2.37. The normalized spacial score (nSPS) is 19.1. The van der Waals surface area contributed by atoms with Crippen LogP contribution >= 0.6 is 0 Å². The van der Waals surface area contributed by atoms with E-state index in [0.29, 0.717) is 28.2 Å². The summed E-state index contributed by atoms with van der Waals surface area (Å²) < 4.78 is 56.2. The zero-order valence-electron chi connectivity index (χ0n) is 27.5. The Hall–Kier alpha value is -4.21. The van der Waals surface area contributed by atoms with Crippen molar-refractivity contribution in [3.63, 3.8) is 0 Å². The Labute approximate surface area is 274 Å². The number of carbonyl (C=O) groups is 1. The lowest BCUT2D eigenvalue weighted by Crippen LogP contribution is -2.46. The number of ether oxygens (including phenoxy) is 2. The van der Waals surface area contributed by atoms with Crippen molar-refractivity contribution in [2.24, 2.45) is 17.8 Å². The van der Waals surface area contributed by atoms with Crippen molar-refractivity contribution in [1.82, 2.24) is 9.97 Å². The number of aromatic nitrogens is 2. The zero-order valence-corrected chi connectivity index (χ0v) is 27.5. The van der Waals surface area contributed by atoms with E-state index in [2.05, 4.69) is 23.8 Å². The Morgan fingerprint density at radius 3 is 2.47 bits per heavy atom. The van der Waals surface area contributed by atoms with Crippen LogP contribution in [0, 0.1) is 35.2 Å². The average molecular weight is 649 g/mol. The molecule has 6 rings (SSSR count).